The Labute approximate surface area is 67.8 Å². The van der Waals surface area contributed by atoms with Crippen LogP contribution < -0.4 is 0 Å². The van der Waals surface area contributed by atoms with Gasteiger partial charge in [-0.15, -0.1) is 0 Å². The van der Waals surface area contributed by atoms with Gasteiger partial charge in [-0.05, 0) is 32.2 Å². The van der Waals surface area contributed by atoms with E-state index in [9.17, 15) is 0 Å². The first-order chi connectivity index (χ1) is 5.40. The average molecular weight is 150 g/mol. The molecule has 2 nitrogen and oxygen atoms in total. The molecule has 2 heterocycles. The summed E-state index contributed by atoms with van der Waals surface area (Å²) in [6, 6.07) is 3.21. The lowest BCUT2D eigenvalue weighted by molar-refractivity contribution is 0.170. The van der Waals surface area contributed by atoms with Crippen LogP contribution in [-0.4, -0.2) is 24.0 Å². The van der Waals surface area contributed by atoms with Crippen LogP contribution in [0.3, 0.4) is 0 Å². The summed E-state index contributed by atoms with van der Waals surface area (Å²) < 4.78 is 0. The Balaban J connectivity index is 1.97. The van der Waals surface area contributed by atoms with E-state index in [0.717, 1.165) is 19.0 Å². The summed E-state index contributed by atoms with van der Waals surface area (Å²) in [6.45, 7) is 2.28. The van der Waals surface area contributed by atoms with Crippen molar-refractivity contribution in [2.75, 3.05) is 13.1 Å². The summed E-state index contributed by atoms with van der Waals surface area (Å²) >= 11 is 0. The molecule has 0 aliphatic carbocycles. The standard InChI is InChI=1S/C9H14N2/c10-6-8-3-4-9-2-1-5-11(9)7-8/h8-9H,1-5,7H2. The van der Waals surface area contributed by atoms with Crippen LogP contribution >= 0.6 is 0 Å². The van der Waals surface area contributed by atoms with E-state index in [-0.39, 0.29) is 0 Å². The molecule has 2 heteroatoms. The Morgan fingerprint density at radius 2 is 2.18 bits per heavy atom. The summed E-state index contributed by atoms with van der Waals surface area (Å²) in [6.07, 6.45) is 5.12. The summed E-state index contributed by atoms with van der Waals surface area (Å²) in [5.41, 5.74) is 0. The number of hydrogen-bond acceptors (Lipinski definition) is 2. The lowest BCUT2D eigenvalue weighted by atomic mass is 9.95. The third-order valence-corrected chi connectivity index (χ3v) is 2.98. The van der Waals surface area contributed by atoms with Crippen molar-refractivity contribution in [2.24, 2.45) is 5.92 Å². The Bertz CT molecular complexity index is 182. The number of piperidine rings is 1. The smallest absolute Gasteiger partial charge is 0.0669 e. The van der Waals surface area contributed by atoms with Crippen molar-refractivity contribution in [3.05, 3.63) is 0 Å². The molecule has 2 saturated heterocycles. The fourth-order valence-electron chi connectivity index (χ4n) is 2.34. The topological polar surface area (TPSA) is 27.0 Å². The van der Waals surface area contributed by atoms with Crippen molar-refractivity contribution in [3.63, 3.8) is 0 Å². The molecular weight excluding hydrogens is 136 g/mol. The van der Waals surface area contributed by atoms with E-state index in [1.165, 1.54) is 25.8 Å². The van der Waals surface area contributed by atoms with Crippen LogP contribution in [0.2, 0.25) is 0 Å². The van der Waals surface area contributed by atoms with Crippen molar-refractivity contribution >= 4 is 0 Å². The van der Waals surface area contributed by atoms with Gasteiger partial charge in [-0.25, -0.2) is 0 Å². The van der Waals surface area contributed by atoms with Crippen LogP contribution in [0.15, 0.2) is 0 Å². The fourth-order valence-corrected chi connectivity index (χ4v) is 2.34. The van der Waals surface area contributed by atoms with Crippen molar-refractivity contribution in [3.8, 4) is 6.07 Å². The average Bonchev–Trinajstić information content (AvgIpc) is 2.50. The molecule has 2 fully saturated rings. The van der Waals surface area contributed by atoms with Gasteiger partial charge in [-0.1, -0.05) is 0 Å². The highest BCUT2D eigenvalue weighted by molar-refractivity contribution is 4.94. The van der Waals surface area contributed by atoms with Gasteiger partial charge >= 0.3 is 0 Å². The van der Waals surface area contributed by atoms with Crippen molar-refractivity contribution in [1.29, 1.82) is 5.26 Å². The van der Waals surface area contributed by atoms with E-state index in [1.807, 2.05) is 0 Å². The van der Waals surface area contributed by atoms with Gasteiger partial charge in [0.1, 0.15) is 0 Å². The van der Waals surface area contributed by atoms with Gasteiger partial charge < -0.3 is 0 Å². The monoisotopic (exact) mass is 150 g/mol. The van der Waals surface area contributed by atoms with Crippen LogP contribution in [0, 0.1) is 17.2 Å². The molecule has 0 aromatic carbocycles. The molecule has 2 rings (SSSR count). The zero-order valence-electron chi connectivity index (χ0n) is 6.79. The van der Waals surface area contributed by atoms with Crippen LogP contribution in [-0.2, 0) is 0 Å². The Morgan fingerprint density at radius 1 is 1.27 bits per heavy atom. The van der Waals surface area contributed by atoms with Gasteiger partial charge in [0.15, 0.2) is 0 Å². The minimum atomic E-state index is 0.323. The molecule has 0 bridgehead atoms. The van der Waals surface area contributed by atoms with E-state index < -0.39 is 0 Å². The van der Waals surface area contributed by atoms with Crippen LogP contribution in [0.4, 0.5) is 0 Å². The molecule has 0 aromatic heterocycles. The van der Waals surface area contributed by atoms with Crippen LogP contribution in [0.1, 0.15) is 25.7 Å². The number of hydrogen-bond donors (Lipinski definition) is 0. The molecule has 11 heavy (non-hydrogen) atoms. The van der Waals surface area contributed by atoms with E-state index in [2.05, 4.69) is 11.0 Å². The molecule has 0 N–H and O–H groups in total. The van der Waals surface area contributed by atoms with Crippen LogP contribution in [0.5, 0.6) is 0 Å². The van der Waals surface area contributed by atoms with E-state index >= 15 is 0 Å². The zero-order valence-corrected chi connectivity index (χ0v) is 6.79. The molecule has 2 atom stereocenters. The molecule has 0 spiro atoms. The van der Waals surface area contributed by atoms with Gasteiger partial charge in [-0.3, -0.25) is 4.90 Å². The second-order valence-electron chi connectivity index (χ2n) is 3.69. The molecule has 0 radical (unpaired) electrons. The second-order valence-corrected chi connectivity index (χ2v) is 3.69. The molecule has 0 amide bonds. The maximum atomic E-state index is 8.73. The van der Waals surface area contributed by atoms with Crippen molar-refractivity contribution < 1.29 is 0 Å². The second kappa shape index (κ2) is 2.83. The van der Waals surface area contributed by atoms with E-state index in [1.54, 1.807) is 0 Å². The van der Waals surface area contributed by atoms with Crippen molar-refractivity contribution in [2.45, 2.75) is 31.7 Å². The summed E-state index contributed by atoms with van der Waals surface area (Å²) in [5, 5.41) is 8.73. The maximum absolute atomic E-state index is 8.73. The van der Waals surface area contributed by atoms with Crippen LogP contribution in [0.25, 0.3) is 0 Å². The fraction of sp³-hybridized carbons (Fsp3) is 0.889. The highest BCUT2D eigenvalue weighted by Crippen LogP contribution is 2.28. The first-order valence-corrected chi connectivity index (χ1v) is 4.54. The Kier molecular flexibility index (Phi) is 1.83. The minimum absolute atomic E-state index is 0.323. The minimum Gasteiger partial charge on any atom is -0.299 e. The molecular formula is C9H14N2. The molecule has 2 aliphatic rings. The normalized spacial score (nSPS) is 38.1. The predicted molar refractivity (Wildman–Crippen MR) is 42.9 cm³/mol. The highest BCUT2D eigenvalue weighted by atomic mass is 15.2. The highest BCUT2D eigenvalue weighted by Gasteiger charge is 2.31. The van der Waals surface area contributed by atoms with Gasteiger partial charge in [0.25, 0.3) is 0 Å². The maximum Gasteiger partial charge on any atom is 0.0669 e. The third kappa shape index (κ3) is 1.25. The number of nitriles is 1. The van der Waals surface area contributed by atoms with Gasteiger partial charge in [0, 0.05) is 12.6 Å². The molecule has 2 unspecified atom stereocenters. The quantitative estimate of drug-likeness (QED) is 0.521. The van der Waals surface area contributed by atoms with Gasteiger partial charge in [0.05, 0.1) is 12.0 Å². The van der Waals surface area contributed by atoms with Crippen molar-refractivity contribution in [1.82, 2.24) is 4.90 Å². The van der Waals surface area contributed by atoms with Gasteiger partial charge in [0.2, 0.25) is 0 Å². The number of fused-ring (bicyclic) bond motifs is 1. The van der Waals surface area contributed by atoms with E-state index in [0.29, 0.717) is 5.92 Å². The lowest BCUT2D eigenvalue weighted by Crippen LogP contribution is -2.38. The first kappa shape index (κ1) is 7.12. The third-order valence-electron chi connectivity index (χ3n) is 2.98. The summed E-state index contributed by atoms with van der Waals surface area (Å²) in [7, 11) is 0. The Hall–Kier alpha value is -0.550. The Morgan fingerprint density at radius 3 is 3.00 bits per heavy atom. The van der Waals surface area contributed by atoms with Gasteiger partial charge in [-0.2, -0.15) is 5.26 Å². The first-order valence-electron chi connectivity index (χ1n) is 4.54. The summed E-state index contributed by atoms with van der Waals surface area (Å²) in [4.78, 5) is 2.50. The molecule has 0 saturated carbocycles. The number of nitrogens with zero attached hydrogens (tertiary/aromatic N) is 2. The largest absolute Gasteiger partial charge is 0.299 e. The predicted octanol–water partition coefficient (Wildman–Crippen LogP) is 1.38. The zero-order chi connectivity index (χ0) is 7.68. The lowest BCUT2D eigenvalue weighted by Gasteiger charge is -2.31. The van der Waals surface area contributed by atoms with E-state index in [4.69, 9.17) is 5.26 Å². The summed E-state index contributed by atoms with van der Waals surface area (Å²) in [5.74, 6) is 0.323. The number of rotatable bonds is 0. The molecule has 60 valence electrons. The molecule has 0 aromatic rings. The molecule has 2 aliphatic heterocycles. The SMILES string of the molecule is N#CC1CCC2CCCN2C1.